The lowest BCUT2D eigenvalue weighted by atomic mass is 9.97. The summed E-state index contributed by atoms with van der Waals surface area (Å²) in [6, 6.07) is 11.1. The lowest BCUT2D eigenvalue weighted by molar-refractivity contribution is 0.139. The standard InChI is InChI=1S/C15H24OSi/c1-13(9-8-12-17(2,3)4)15(16)14-10-6-5-7-11-14/h5-11,13,15-16H,12H2,1-4H3/b9-8+/t13-,15-/m0/s1. The first-order valence-electron chi connectivity index (χ1n) is 6.30. The van der Waals surface area contributed by atoms with E-state index in [0.717, 1.165) is 5.56 Å². The topological polar surface area (TPSA) is 20.2 Å². The fraction of sp³-hybridized carbons (Fsp3) is 0.467. The Hall–Kier alpha value is -0.863. The van der Waals surface area contributed by atoms with Crippen molar-refractivity contribution >= 4 is 8.07 Å². The van der Waals surface area contributed by atoms with E-state index in [0.29, 0.717) is 0 Å². The van der Waals surface area contributed by atoms with Crippen LogP contribution in [-0.2, 0) is 0 Å². The lowest BCUT2D eigenvalue weighted by Gasteiger charge is -2.17. The SMILES string of the molecule is C[C@@H](/C=C/C[Si](C)(C)C)[C@H](O)c1ccccc1. The summed E-state index contributed by atoms with van der Waals surface area (Å²) in [5.41, 5.74) is 0.998. The molecule has 0 radical (unpaired) electrons. The summed E-state index contributed by atoms with van der Waals surface area (Å²) in [6.45, 7) is 9.14. The summed E-state index contributed by atoms with van der Waals surface area (Å²) in [6.07, 6.45) is 3.99. The number of aliphatic hydroxyl groups excluding tert-OH is 1. The number of hydrogen-bond acceptors (Lipinski definition) is 1. The Kier molecular flexibility index (Phi) is 5.16. The molecule has 0 saturated heterocycles. The minimum absolute atomic E-state index is 0.175. The van der Waals surface area contributed by atoms with Crippen LogP contribution in [0.15, 0.2) is 42.5 Å². The second kappa shape index (κ2) is 6.17. The summed E-state index contributed by atoms with van der Waals surface area (Å²) in [5.74, 6) is 0.175. The fourth-order valence-electron chi connectivity index (χ4n) is 1.70. The highest BCUT2D eigenvalue weighted by atomic mass is 28.3. The zero-order chi connectivity index (χ0) is 12.9. The molecule has 0 heterocycles. The molecule has 2 atom stereocenters. The highest BCUT2D eigenvalue weighted by Crippen LogP contribution is 2.23. The zero-order valence-corrected chi connectivity index (χ0v) is 12.4. The van der Waals surface area contributed by atoms with E-state index in [2.05, 4.69) is 38.7 Å². The molecule has 1 aromatic carbocycles. The summed E-state index contributed by atoms with van der Waals surface area (Å²) in [4.78, 5) is 0. The van der Waals surface area contributed by atoms with Crippen LogP contribution in [0.2, 0.25) is 25.7 Å². The van der Waals surface area contributed by atoms with E-state index >= 15 is 0 Å². The van der Waals surface area contributed by atoms with Gasteiger partial charge in [0, 0.05) is 14.0 Å². The molecule has 0 spiro atoms. The molecule has 0 fully saturated rings. The van der Waals surface area contributed by atoms with Crippen molar-refractivity contribution in [3.63, 3.8) is 0 Å². The first-order chi connectivity index (χ1) is 7.90. The Balaban J connectivity index is 2.56. The third kappa shape index (κ3) is 5.33. The zero-order valence-electron chi connectivity index (χ0n) is 11.4. The number of rotatable bonds is 5. The molecule has 0 aliphatic rings. The molecule has 0 amide bonds. The van der Waals surface area contributed by atoms with Gasteiger partial charge in [0.25, 0.3) is 0 Å². The molecule has 1 nitrogen and oxygen atoms in total. The van der Waals surface area contributed by atoms with Crippen molar-refractivity contribution in [3.8, 4) is 0 Å². The van der Waals surface area contributed by atoms with Gasteiger partial charge in [0.2, 0.25) is 0 Å². The smallest absolute Gasteiger partial charge is 0.0849 e. The van der Waals surface area contributed by atoms with Gasteiger partial charge in [-0.1, -0.05) is 69.0 Å². The van der Waals surface area contributed by atoms with E-state index in [9.17, 15) is 5.11 Å². The highest BCUT2D eigenvalue weighted by molar-refractivity contribution is 6.76. The lowest BCUT2D eigenvalue weighted by Crippen LogP contribution is -2.17. The van der Waals surface area contributed by atoms with Crippen LogP contribution in [0.4, 0.5) is 0 Å². The van der Waals surface area contributed by atoms with Crippen LogP contribution in [0.25, 0.3) is 0 Å². The van der Waals surface area contributed by atoms with Gasteiger partial charge in [-0.2, -0.15) is 0 Å². The molecule has 2 heteroatoms. The predicted molar refractivity (Wildman–Crippen MR) is 77.9 cm³/mol. The van der Waals surface area contributed by atoms with Crippen LogP contribution in [0.3, 0.4) is 0 Å². The van der Waals surface area contributed by atoms with Crippen molar-refractivity contribution in [2.75, 3.05) is 0 Å². The largest absolute Gasteiger partial charge is 0.388 e. The Bertz CT molecular complexity index is 351. The maximum atomic E-state index is 10.2. The number of allylic oxidation sites excluding steroid dienone is 1. The Morgan fingerprint density at radius 1 is 1.18 bits per heavy atom. The van der Waals surface area contributed by atoms with Crippen molar-refractivity contribution in [1.29, 1.82) is 0 Å². The van der Waals surface area contributed by atoms with Crippen molar-refractivity contribution < 1.29 is 5.11 Å². The summed E-state index contributed by atoms with van der Waals surface area (Å²) < 4.78 is 0. The van der Waals surface area contributed by atoms with E-state index in [1.165, 1.54) is 6.04 Å². The number of benzene rings is 1. The maximum Gasteiger partial charge on any atom is 0.0849 e. The highest BCUT2D eigenvalue weighted by Gasteiger charge is 2.14. The maximum absolute atomic E-state index is 10.2. The van der Waals surface area contributed by atoms with Crippen LogP contribution in [-0.4, -0.2) is 13.2 Å². The van der Waals surface area contributed by atoms with Gasteiger partial charge in [-0.3, -0.25) is 0 Å². The molecular formula is C15H24OSi. The number of aliphatic hydroxyl groups is 1. The van der Waals surface area contributed by atoms with Gasteiger partial charge >= 0.3 is 0 Å². The normalized spacial score (nSPS) is 16.1. The van der Waals surface area contributed by atoms with Gasteiger partial charge in [0.1, 0.15) is 0 Å². The second-order valence-corrected chi connectivity index (χ2v) is 11.4. The van der Waals surface area contributed by atoms with E-state index in [-0.39, 0.29) is 5.92 Å². The molecule has 0 aliphatic heterocycles. The van der Waals surface area contributed by atoms with E-state index in [4.69, 9.17) is 0 Å². The first-order valence-corrected chi connectivity index (χ1v) is 10.0. The molecule has 1 aromatic rings. The molecule has 0 aromatic heterocycles. The molecule has 17 heavy (non-hydrogen) atoms. The minimum atomic E-state index is -1.01. The van der Waals surface area contributed by atoms with Gasteiger partial charge in [-0.25, -0.2) is 0 Å². The third-order valence-corrected chi connectivity index (χ3v) is 4.27. The van der Waals surface area contributed by atoms with Crippen molar-refractivity contribution in [2.45, 2.75) is 38.7 Å². The Morgan fingerprint density at radius 2 is 1.76 bits per heavy atom. The molecule has 0 saturated carbocycles. The van der Waals surface area contributed by atoms with Crippen molar-refractivity contribution in [3.05, 3.63) is 48.0 Å². The van der Waals surface area contributed by atoms with Gasteiger partial charge in [-0.15, -0.1) is 0 Å². The molecule has 0 bridgehead atoms. The van der Waals surface area contributed by atoms with Crippen molar-refractivity contribution in [2.24, 2.45) is 5.92 Å². The molecule has 94 valence electrons. The average Bonchev–Trinajstić information content (AvgIpc) is 2.27. The fourth-order valence-corrected chi connectivity index (χ4v) is 2.54. The number of hydrogen-bond donors (Lipinski definition) is 1. The van der Waals surface area contributed by atoms with E-state index < -0.39 is 14.2 Å². The van der Waals surface area contributed by atoms with Crippen LogP contribution in [0, 0.1) is 5.92 Å². The van der Waals surface area contributed by atoms with Crippen LogP contribution < -0.4 is 0 Å². The molecule has 1 N–H and O–H groups in total. The van der Waals surface area contributed by atoms with Gasteiger partial charge in [0.05, 0.1) is 6.10 Å². The van der Waals surface area contributed by atoms with Crippen molar-refractivity contribution in [1.82, 2.24) is 0 Å². The molecule has 0 unspecified atom stereocenters. The summed E-state index contributed by atoms with van der Waals surface area (Å²) in [5, 5.41) is 10.2. The summed E-state index contributed by atoms with van der Waals surface area (Å²) >= 11 is 0. The van der Waals surface area contributed by atoms with E-state index in [1.54, 1.807) is 0 Å². The van der Waals surface area contributed by atoms with Gasteiger partial charge in [0.15, 0.2) is 0 Å². The first kappa shape index (κ1) is 14.2. The second-order valence-electron chi connectivity index (χ2n) is 5.91. The van der Waals surface area contributed by atoms with Gasteiger partial charge < -0.3 is 5.11 Å². The van der Waals surface area contributed by atoms with Gasteiger partial charge in [-0.05, 0) is 11.6 Å². The Morgan fingerprint density at radius 3 is 2.29 bits per heavy atom. The average molecular weight is 248 g/mol. The monoisotopic (exact) mass is 248 g/mol. The van der Waals surface area contributed by atoms with Crippen LogP contribution >= 0.6 is 0 Å². The summed E-state index contributed by atoms with van der Waals surface area (Å²) in [7, 11) is -1.01. The Labute approximate surface area is 106 Å². The quantitative estimate of drug-likeness (QED) is 0.610. The van der Waals surface area contributed by atoms with Crippen LogP contribution in [0.5, 0.6) is 0 Å². The molecule has 1 rings (SSSR count). The van der Waals surface area contributed by atoms with E-state index in [1.807, 2.05) is 30.3 Å². The molecule has 0 aliphatic carbocycles. The third-order valence-electron chi connectivity index (χ3n) is 2.81. The minimum Gasteiger partial charge on any atom is -0.388 e. The van der Waals surface area contributed by atoms with Crippen LogP contribution in [0.1, 0.15) is 18.6 Å². The molecular weight excluding hydrogens is 224 g/mol. The predicted octanol–water partition coefficient (Wildman–Crippen LogP) is 4.25.